The molecule has 0 saturated carbocycles. The summed E-state index contributed by atoms with van der Waals surface area (Å²) in [5, 5.41) is 199. The number of rotatable bonds is 24. The fourth-order valence-corrected chi connectivity index (χ4v) is 15.2. The second-order valence-corrected chi connectivity index (χ2v) is 27.4. The zero-order chi connectivity index (χ0) is 66.0. The van der Waals surface area contributed by atoms with E-state index >= 15 is 0 Å². The molecular formula is C48H72O36S6. The Morgan fingerprint density at radius 1 is 0.211 bits per heavy atom. The molecule has 30 atom stereocenters. The molecule has 0 spiro atoms. The average Bonchev–Trinajstić information content (AvgIpc) is 0.795. The lowest BCUT2D eigenvalue weighted by Crippen LogP contribution is -2.69. The van der Waals surface area contributed by atoms with Gasteiger partial charge in [-0.3, -0.25) is 28.8 Å². The molecule has 22 saturated heterocycles. The lowest BCUT2D eigenvalue weighted by molar-refractivity contribution is -0.396. The Morgan fingerprint density at radius 3 is 0.444 bits per heavy atom. The minimum Gasteiger partial charge on any atom is -0.481 e. The van der Waals surface area contributed by atoms with Crippen LogP contribution in [0.3, 0.4) is 0 Å². The van der Waals surface area contributed by atoms with Crippen LogP contribution in [0.1, 0.15) is 0 Å². The van der Waals surface area contributed by atoms with Crippen molar-refractivity contribution >= 4 is 106 Å². The van der Waals surface area contributed by atoms with Crippen molar-refractivity contribution in [1.82, 2.24) is 0 Å². The van der Waals surface area contributed by atoms with E-state index < -0.39 is 289 Å². The summed E-state index contributed by atoms with van der Waals surface area (Å²) in [6, 6.07) is 0. The monoisotopic (exact) mass is 1420 g/mol. The Balaban J connectivity index is 1.30. The van der Waals surface area contributed by atoms with E-state index in [9.17, 15) is 121 Å². The smallest absolute Gasteiger partial charge is 0.313 e. The van der Waals surface area contributed by atoms with Crippen molar-refractivity contribution in [3.63, 3.8) is 0 Å². The Bertz CT molecular complexity index is 1960. The molecule has 12 bridgehead atoms. The molecule has 0 aliphatic carbocycles. The van der Waals surface area contributed by atoms with Crippen LogP contribution in [0, 0.1) is 0 Å². The van der Waals surface area contributed by atoms with Gasteiger partial charge in [0.15, 0.2) is 37.7 Å². The van der Waals surface area contributed by atoms with Crippen LogP contribution in [0.2, 0.25) is 0 Å². The summed E-state index contributed by atoms with van der Waals surface area (Å²) < 4.78 is 72.7. The van der Waals surface area contributed by atoms with Gasteiger partial charge >= 0.3 is 35.8 Å². The number of carboxylic acid groups (broad SMARTS) is 6. The van der Waals surface area contributed by atoms with Crippen molar-refractivity contribution < 1.29 is 178 Å². The van der Waals surface area contributed by atoms with Crippen LogP contribution >= 0.6 is 70.6 Å². The third kappa shape index (κ3) is 19.6. The molecule has 36 nitrogen and oxygen atoms in total. The molecule has 516 valence electrons. The highest BCUT2D eigenvalue weighted by Gasteiger charge is 2.59. The van der Waals surface area contributed by atoms with Crippen molar-refractivity contribution in [3.8, 4) is 0 Å². The van der Waals surface area contributed by atoms with Gasteiger partial charge in [0.2, 0.25) is 0 Å². The SMILES string of the molecule is O=C(O)CSC[C@H]1O[C@@H]2O[C@H]3[C@H](O)[C@@H](O)[C@@H](O[C@H]4[C@H](O)[C@@H](O)[C@@H](O[C@H]5[C@H](O)[C@@H](O)[C@@H](O[C@H]6[C@H](O)[C@@H](O)[C@@H](O[C@H]7[C@H](O)[C@@H](O)[C@@H](O[C@H]1[C@H](O)[C@H]2O)O[C@@H]7CSCC(=O)O)O[C@@H]6CSCC(=O)O)O[C@@H]5CSCC(=O)O)O[C@@H]4CSCC(=O)O)O[C@@H]3CSCC(=O)O. The van der Waals surface area contributed by atoms with Gasteiger partial charge in [0.25, 0.3) is 0 Å². The standard InChI is InChI=1S/C48H72O36S6/c49-19(50)7-85-1-13-37-25(61)31(67)43(73-13)80-38-14(2-86-8-20(51)52)75-45(33(69)27(38)63)82-40-16(4-88-10-22(55)56)77-47(35(71)29(40)65)84-42-18(6-90-12-24(59)60)78-48(36(72)30(42)66)83-41-17(5-89-11-23(57)58)76-46(34(70)28(41)64)81-39-15(3-87-9-21(53)54)74-44(79-37)32(68)26(39)62/h13-18,25-48,61-72H,1-12H2,(H,49,50)(H,51,52)(H,53,54)(H,55,56)(H,57,58)(H,59,60)/t13-,14-,15-,16-,17-,18-,25-,26-,27-,28-,29-,30-,31-,32-,33-,34-,35-,36-,37-,38-,39-,40-,41-,42-,43-,44-,45-,46-,47-,48-/m1/s1. The molecule has 0 aromatic heterocycles. The summed E-state index contributed by atoms with van der Waals surface area (Å²) in [5.41, 5.74) is 0. The van der Waals surface area contributed by atoms with Gasteiger partial charge in [0.05, 0.1) is 71.1 Å². The van der Waals surface area contributed by atoms with Gasteiger partial charge < -0.3 is 149 Å². The number of hydrogen-bond donors (Lipinski definition) is 18. The highest BCUT2D eigenvalue weighted by atomic mass is 32.2. The van der Waals surface area contributed by atoms with E-state index in [0.717, 1.165) is 0 Å². The molecule has 0 radical (unpaired) electrons. The van der Waals surface area contributed by atoms with E-state index in [2.05, 4.69) is 0 Å². The molecule has 0 aromatic rings. The van der Waals surface area contributed by atoms with Gasteiger partial charge in [-0.25, -0.2) is 0 Å². The predicted molar refractivity (Wildman–Crippen MR) is 303 cm³/mol. The van der Waals surface area contributed by atoms with Crippen LogP contribution in [-0.4, -0.2) is 381 Å². The first-order valence-electron chi connectivity index (χ1n) is 27.4. The second kappa shape index (κ2) is 34.8. The minimum absolute atomic E-state index is 0.444. The molecule has 22 rings (SSSR count). The highest BCUT2D eigenvalue weighted by molar-refractivity contribution is 8.01. The molecule has 0 unspecified atom stereocenters. The number of aliphatic carboxylic acids is 6. The molecule has 0 aromatic carbocycles. The van der Waals surface area contributed by atoms with Crippen LogP contribution in [-0.2, 0) is 85.6 Å². The summed E-state index contributed by atoms with van der Waals surface area (Å²) in [5.74, 6) is -14.3. The number of carbonyl (C=O) groups is 6. The van der Waals surface area contributed by atoms with Crippen LogP contribution < -0.4 is 0 Å². The van der Waals surface area contributed by atoms with E-state index in [1.165, 1.54) is 0 Å². The molecule has 22 aliphatic heterocycles. The highest BCUT2D eigenvalue weighted by Crippen LogP contribution is 2.40. The number of aliphatic hydroxyl groups excluding tert-OH is 12. The Hall–Kier alpha value is -2.04. The first-order chi connectivity index (χ1) is 42.6. The van der Waals surface area contributed by atoms with Gasteiger partial charge in [0, 0.05) is 34.5 Å². The third-order valence-electron chi connectivity index (χ3n) is 14.6. The Kier molecular flexibility index (Phi) is 29.1. The summed E-state index contributed by atoms with van der Waals surface area (Å²) in [6.45, 7) is 0. The number of carboxylic acids is 6. The number of ether oxygens (including phenoxy) is 12. The number of hydrogen-bond acceptors (Lipinski definition) is 36. The van der Waals surface area contributed by atoms with Gasteiger partial charge in [-0.05, 0) is 0 Å². The zero-order valence-corrected chi connectivity index (χ0v) is 51.6. The number of thioether (sulfide) groups is 6. The quantitative estimate of drug-likeness (QED) is 0.0427. The minimum atomic E-state index is -2.27. The predicted octanol–water partition coefficient (Wildman–Crippen LogP) is -8.10. The second-order valence-electron chi connectivity index (χ2n) is 21.2. The van der Waals surface area contributed by atoms with Crippen molar-refractivity contribution in [2.45, 2.75) is 184 Å². The number of aliphatic hydroxyl groups is 12. The van der Waals surface area contributed by atoms with Crippen LogP contribution in [0.5, 0.6) is 0 Å². The van der Waals surface area contributed by atoms with Crippen molar-refractivity contribution in [1.29, 1.82) is 0 Å². The van der Waals surface area contributed by atoms with Crippen LogP contribution in [0.15, 0.2) is 0 Å². The largest absolute Gasteiger partial charge is 0.481 e. The molecular weight excluding hydrogens is 1340 g/mol. The molecule has 22 aliphatic rings. The van der Waals surface area contributed by atoms with Gasteiger partial charge in [-0.2, -0.15) is 0 Å². The van der Waals surface area contributed by atoms with E-state index in [0.29, 0.717) is 70.6 Å². The molecule has 42 heteroatoms. The van der Waals surface area contributed by atoms with Gasteiger partial charge in [-0.15, -0.1) is 70.6 Å². The summed E-state index contributed by atoms with van der Waals surface area (Å²) in [7, 11) is 0. The fourth-order valence-electron chi connectivity index (χ4n) is 10.4. The maximum Gasteiger partial charge on any atom is 0.313 e. The Labute approximate surface area is 534 Å². The van der Waals surface area contributed by atoms with Crippen molar-refractivity contribution in [2.75, 3.05) is 69.0 Å². The molecule has 0 amide bonds. The van der Waals surface area contributed by atoms with Crippen LogP contribution in [0.25, 0.3) is 0 Å². The van der Waals surface area contributed by atoms with Gasteiger partial charge in [-0.1, -0.05) is 0 Å². The fraction of sp³-hybridized carbons (Fsp3) is 0.875. The first-order valence-corrected chi connectivity index (χ1v) is 34.3. The van der Waals surface area contributed by atoms with Crippen molar-refractivity contribution in [3.05, 3.63) is 0 Å². The first kappa shape index (κ1) is 75.3. The molecule has 90 heavy (non-hydrogen) atoms. The lowest BCUT2D eigenvalue weighted by Gasteiger charge is -2.51. The topological polar surface area (TPSA) is 577 Å². The Morgan fingerprint density at radius 2 is 0.333 bits per heavy atom. The van der Waals surface area contributed by atoms with E-state index in [-0.39, 0.29) is 0 Å². The third-order valence-corrected chi connectivity index (χ3v) is 20.7. The summed E-state index contributed by atoms with van der Waals surface area (Å²) in [4.78, 5) is 70.3. The lowest BCUT2D eigenvalue weighted by atomic mass is 9.95. The summed E-state index contributed by atoms with van der Waals surface area (Å²) in [6.07, 6.45) is -60.5. The summed E-state index contributed by atoms with van der Waals surface area (Å²) >= 11 is 4.05. The normalized spacial score (nSPS) is 43.5. The maximum atomic E-state index is 11.9. The maximum absolute atomic E-state index is 11.9. The van der Waals surface area contributed by atoms with E-state index in [4.69, 9.17) is 56.8 Å². The van der Waals surface area contributed by atoms with E-state index in [1.54, 1.807) is 0 Å². The zero-order valence-electron chi connectivity index (χ0n) is 46.7. The molecule has 18 N–H and O–H groups in total. The van der Waals surface area contributed by atoms with E-state index in [1.807, 2.05) is 0 Å². The van der Waals surface area contributed by atoms with Crippen molar-refractivity contribution in [2.24, 2.45) is 0 Å². The average molecular weight is 1420 g/mol. The molecule has 22 fully saturated rings. The molecule has 22 heterocycles. The van der Waals surface area contributed by atoms with Crippen LogP contribution in [0.4, 0.5) is 0 Å². The van der Waals surface area contributed by atoms with Gasteiger partial charge in [0.1, 0.15) is 110 Å².